The van der Waals surface area contributed by atoms with Crippen LogP contribution in [0, 0.1) is 0 Å². The van der Waals surface area contributed by atoms with Crippen molar-refractivity contribution in [3.05, 3.63) is 0 Å². The zero-order chi connectivity index (χ0) is 11.5. The molecule has 2 aliphatic rings. The van der Waals surface area contributed by atoms with Gasteiger partial charge < -0.3 is 0 Å². The van der Waals surface area contributed by atoms with Crippen molar-refractivity contribution in [3.63, 3.8) is 0 Å². The number of hydrogen-bond donors (Lipinski definition) is 0. The molecule has 0 nitrogen and oxygen atoms in total. The molecule has 0 N–H and O–H groups in total. The third-order valence-corrected chi connectivity index (χ3v) is 14.2. The smallest absolute Gasteiger partial charge is 0.0235 e. The van der Waals surface area contributed by atoms with Crippen molar-refractivity contribution in [2.24, 2.45) is 0 Å². The summed E-state index contributed by atoms with van der Waals surface area (Å²) in [6.45, 7) is 0. The Labute approximate surface area is 111 Å². The first-order chi connectivity index (χ1) is 7.62. The second-order valence-corrected chi connectivity index (χ2v) is 17.1. The third kappa shape index (κ3) is 3.91. The van der Waals surface area contributed by atoms with Crippen molar-refractivity contribution >= 4 is 35.7 Å². The average molecular weight is 294 g/mol. The molecule has 0 aromatic rings. The lowest BCUT2D eigenvalue weighted by molar-refractivity contribution is 0.895. The van der Waals surface area contributed by atoms with Crippen molar-refractivity contribution in [2.45, 2.75) is 38.5 Å². The van der Waals surface area contributed by atoms with E-state index in [-0.39, 0.29) is 0 Å². The first kappa shape index (κ1) is 13.7. The Balaban J connectivity index is 1.65. The van der Waals surface area contributed by atoms with Gasteiger partial charge in [-0.05, 0) is 87.6 Å². The molecule has 0 aromatic heterocycles. The second-order valence-electron chi connectivity index (χ2n) is 5.58. The van der Waals surface area contributed by atoms with Crippen LogP contribution in [0.5, 0.6) is 0 Å². The van der Waals surface area contributed by atoms with Gasteiger partial charge in [0.25, 0.3) is 0 Å². The van der Waals surface area contributed by atoms with Gasteiger partial charge in [0.05, 0.1) is 0 Å². The normalized spacial score (nSPS) is 27.2. The van der Waals surface area contributed by atoms with Crippen molar-refractivity contribution in [1.82, 2.24) is 0 Å². The van der Waals surface area contributed by atoms with Gasteiger partial charge in [0.1, 0.15) is 0 Å². The van der Waals surface area contributed by atoms with Crippen LogP contribution < -0.4 is 0 Å². The molecule has 94 valence electrons. The summed E-state index contributed by atoms with van der Waals surface area (Å²) in [7, 11) is 0. The summed E-state index contributed by atoms with van der Waals surface area (Å²) >= 11 is 11.7. The Morgan fingerprint density at radius 2 is 0.938 bits per heavy atom. The maximum absolute atomic E-state index is 5.84. The minimum Gasteiger partial charge on any atom is -0.0975 e. The van der Waals surface area contributed by atoms with E-state index in [0.29, 0.717) is 0 Å². The fourth-order valence-corrected chi connectivity index (χ4v) is 11.5. The number of unbranched alkanes of at least 4 members (excludes halogenated alkanes) is 1. The van der Waals surface area contributed by atoms with Crippen LogP contribution in [0.1, 0.15) is 38.5 Å². The van der Waals surface area contributed by atoms with Gasteiger partial charge in [-0.25, -0.2) is 0 Å². The zero-order valence-corrected chi connectivity index (χ0v) is 13.6. The van der Waals surface area contributed by atoms with Gasteiger partial charge in [-0.3, -0.25) is 0 Å². The van der Waals surface area contributed by atoms with E-state index >= 15 is 0 Å². The zero-order valence-electron chi connectivity index (χ0n) is 10.2. The van der Waals surface area contributed by atoms with Crippen LogP contribution in [0.25, 0.3) is 0 Å². The van der Waals surface area contributed by atoms with Crippen LogP contribution in [-0.2, 0) is 23.6 Å². The molecular weight excluding hydrogens is 270 g/mol. The molecular formula is C12H24P2S2. The van der Waals surface area contributed by atoms with Gasteiger partial charge in [-0.1, -0.05) is 23.6 Å². The molecule has 16 heavy (non-hydrogen) atoms. The van der Waals surface area contributed by atoms with Crippen LogP contribution in [0.2, 0.25) is 0 Å². The van der Waals surface area contributed by atoms with E-state index < -0.39 is 12.1 Å². The molecule has 0 amide bonds. The summed E-state index contributed by atoms with van der Waals surface area (Å²) in [5.74, 6) is 0. The van der Waals surface area contributed by atoms with Gasteiger partial charge in [-0.2, -0.15) is 0 Å². The molecule has 2 aliphatic heterocycles. The third-order valence-electron chi connectivity index (χ3n) is 4.14. The predicted octanol–water partition coefficient (Wildman–Crippen LogP) is 4.31. The molecule has 0 bridgehead atoms. The van der Waals surface area contributed by atoms with E-state index in [4.69, 9.17) is 23.6 Å². The van der Waals surface area contributed by atoms with Gasteiger partial charge in [0.15, 0.2) is 0 Å². The molecule has 0 saturated carbocycles. The van der Waals surface area contributed by atoms with Gasteiger partial charge >= 0.3 is 0 Å². The lowest BCUT2D eigenvalue weighted by atomic mass is 10.4. The lowest BCUT2D eigenvalue weighted by Crippen LogP contribution is -1.96. The Bertz CT molecular complexity index is 273. The van der Waals surface area contributed by atoms with Gasteiger partial charge in [0, 0.05) is 0 Å². The van der Waals surface area contributed by atoms with Crippen molar-refractivity contribution in [1.29, 1.82) is 0 Å². The minimum absolute atomic E-state index is 0.842. The Morgan fingerprint density at radius 3 is 1.25 bits per heavy atom. The monoisotopic (exact) mass is 294 g/mol. The fraction of sp³-hybridized carbons (Fsp3) is 1.00. The topological polar surface area (TPSA) is 0 Å². The average Bonchev–Trinajstić information content (AvgIpc) is 2.84. The predicted molar refractivity (Wildman–Crippen MR) is 85.5 cm³/mol. The van der Waals surface area contributed by atoms with E-state index in [9.17, 15) is 0 Å². The highest BCUT2D eigenvalue weighted by Gasteiger charge is 2.24. The van der Waals surface area contributed by atoms with Crippen molar-refractivity contribution in [3.8, 4) is 0 Å². The molecule has 4 heteroatoms. The van der Waals surface area contributed by atoms with E-state index in [1.807, 2.05) is 0 Å². The van der Waals surface area contributed by atoms with Crippen LogP contribution in [0.3, 0.4) is 0 Å². The Morgan fingerprint density at radius 1 is 0.625 bits per heavy atom. The molecule has 2 fully saturated rings. The summed E-state index contributed by atoms with van der Waals surface area (Å²) in [5.41, 5.74) is 0. The highest BCUT2D eigenvalue weighted by molar-refractivity contribution is 8.15. The van der Waals surface area contributed by atoms with E-state index in [2.05, 4.69) is 0 Å². The molecule has 0 spiro atoms. The maximum atomic E-state index is 5.84. The molecule has 2 rings (SSSR count). The first-order valence-corrected chi connectivity index (χ1v) is 13.5. The lowest BCUT2D eigenvalue weighted by Gasteiger charge is -2.17. The number of hydrogen-bond acceptors (Lipinski definition) is 2. The van der Waals surface area contributed by atoms with Crippen LogP contribution >= 0.6 is 12.1 Å². The van der Waals surface area contributed by atoms with Crippen LogP contribution in [0.15, 0.2) is 0 Å². The Kier molecular flexibility index (Phi) is 5.11. The van der Waals surface area contributed by atoms with Crippen molar-refractivity contribution in [2.75, 3.05) is 37.0 Å². The molecule has 0 aliphatic carbocycles. The first-order valence-electron chi connectivity index (χ1n) is 6.76. The summed E-state index contributed by atoms with van der Waals surface area (Å²) in [6, 6.07) is -1.68. The van der Waals surface area contributed by atoms with E-state index in [1.165, 1.54) is 75.5 Å². The SMILES string of the molecule is S=P1(CCCCP2(=S)CCCC2)CCCC1. The quantitative estimate of drug-likeness (QED) is 0.547. The van der Waals surface area contributed by atoms with Gasteiger partial charge in [-0.15, -0.1) is 0 Å². The summed E-state index contributed by atoms with van der Waals surface area (Å²) < 4.78 is 0. The standard InChI is InChI=1S/C12H24P2S2/c15-13(7-1-2-8-13)11-5-6-12-14(16)9-3-4-10-14/h1-12H2. The van der Waals surface area contributed by atoms with Crippen LogP contribution in [0.4, 0.5) is 0 Å². The highest BCUT2D eigenvalue weighted by atomic mass is 32.4. The fourth-order valence-electron chi connectivity index (χ4n) is 3.07. The van der Waals surface area contributed by atoms with Crippen LogP contribution in [-0.4, -0.2) is 37.0 Å². The molecule has 0 aromatic carbocycles. The maximum Gasteiger partial charge on any atom is -0.0235 e. The molecule has 2 saturated heterocycles. The van der Waals surface area contributed by atoms with Crippen molar-refractivity contribution < 1.29 is 0 Å². The molecule has 0 unspecified atom stereocenters. The molecule has 0 atom stereocenters. The van der Waals surface area contributed by atoms with E-state index in [1.54, 1.807) is 0 Å². The Hall–Kier alpha value is 1.30. The molecule has 2 heterocycles. The largest absolute Gasteiger partial charge is 0.0975 e. The highest BCUT2D eigenvalue weighted by Crippen LogP contribution is 2.55. The molecule has 0 radical (unpaired) electrons. The summed E-state index contributed by atoms with van der Waals surface area (Å²) in [6.07, 6.45) is 17.0. The number of rotatable bonds is 5. The van der Waals surface area contributed by atoms with E-state index in [0.717, 1.165) is 0 Å². The summed E-state index contributed by atoms with van der Waals surface area (Å²) in [5, 5.41) is 0. The second kappa shape index (κ2) is 5.96. The summed E-state index contributed by atoms with van der Waals surface area (Å²) in [4.78, 5) is 0. The van der Waals surface area contributed by atoms with Gasteiger partial charge in [0.2, 0.25) is 0 Å². The minimum atomic E-state index is -0.842.